The number of anilines is 2. The molecule has 0 unspecified atom stereocenters. The second kappa shape index (κ2) is 35.7. The van der Waals surface area contributed by atoms with Gasteiger partial charge in [-0.3, -0.25) is 9.59 Å². The van der Waals surface area contributed by atoms with Gasteiger partial charge in [0, 0.05) is 56.3 Å². The van der Waals surface area contributed by atoms with Crippen molar-refractivity contribution in [1.29, 1.82) is 0 Å². The van der Waals surface area contributed by atoms with E-state index in [0.29, 0.717) is 37.2 Å². The number of carbonyl (C=O) groups is 3. The minimum Gasteiger partial charge on any atom is -0.497 e. The maximum atomic E-state index is 11.3. The molecule has 2 rings (SSSR count). The molecular weight excluding hydrogens is 789 g/mol. The van der Waals surface area contributed by atoms with Gasteiger partial charge in [0.25, 0.3) is 0 Å². The molecule has 346 valence electrons. The maximum absolute atomic E-state index is 11.3. The van der Waals surface area contributed by atoms with E-state index in [4.69, 9.17) is 18.9 Å². The molecule has 0 fully saturated rings. The summed E-state index contributed by atoms with van der Waals surface area (Å²) in [5, 5.41) is 3.14. The number of ketones is 1. The van der Waals surface area contributed by atoms with Crippen LogP contribution in [0.25, 0.3) is 12.2 Å². The van der Waals surface area contributed by atoms with Gasteiger partial charge < -0.3 is 29.2 Å². The zero-order valence-electron chi connectivity index (χ0n) is 40.4. The van der Waals surface area contributed by atoms with Crippen molar-refractivity contribution >= 4 is 41.2 Å². The van der Waals surface area contributed by atoms with Gasteiger partial charge in [0.15, 0.2) is 0 Å². The molecule has 0 spiro atoms. The Balaban J connectivity index is 0.00000130. The fourth-order valence-electron chi connectivity index (χ4n) is 5.56. The van der Waals surface area contributed by atoms with Crippen molar-refractivity contribution in [2.24, 2.45) is 0 Å². The lowest BCUT2D eigenvalue weighted by atomic mass is 10.1. The summed E-state index contributed by atoms with van der Waals surface area (Å²) in [6.45, 7) is 26.1. The number of carbonyl (C=O) groups excluding carboxylic acids is 3. The quantitative estimate of drug-likeness (QED) is 0.0325. The number of hydrogen-bond acceptors (Lipinski definition) is 9. The fourth-order valence-corrected chi connectivity index (χ4v) is 5.56. The number of esters is 2. The van der Waals surface area contributed by atoms with Gasteiger partial charge in [-0.25, -0.2) is 4.79 Å². The second-order valence-electron chi connectivity index (χ2n) is 14.3. The molecule has 1 N–H and O–H groups in total. The second-order valence-corrected chi connectivity index (χ2v) is 14.3. The number of hydrogen-bond donors (Lipinski definition) is 1. The van der Waals surface area contributed by atoms with Crippen LogP contribution in [0.5, 0.6) is 0 Å². The Hall–Kier alpha value is -5.83. The van der Waals surface area contributed by atoms with Crippen LogP contribution >= 0.6 is 0 Å². The van der Waals surface area contributed by atoms with Crippen LogP contribution in [0.15, 0.2) is 132 Å². The summed E-state index contributed by atoms with van der Waals surface area (Å²) in [7, 11) is 5.26. The average Bonchev–Trinajstić information content (AvgIpc) is 3.30. The third-order valence-electron chi connectivity index (χ3n) is 9.67. The van der Waals surface area contributed by atoms with E-state index in [1.165, 1.54) is 43.0 Å². The molecule has 0 heterocycles. The lowest BCUT2D eigenvalue weighted by Crippen LogP contribution is -2.25. The highest BCUT2D eigenvalue weighted by Gasteiger charge is 2.09. The molecule has 2 aromatic rings. The minimum atomic E-state index is -0.306. The molecule has 0 radical (unpaired) electrons. The first kappa shape index (κ1) is 57.2. The lowest BCUT2D eigenvalue weighted by Gasteiger charge is -2.24. The fraction of sp³-hybridized carbons (Fsp3) is 0.426. The third-order valence-corrected chi connectivity index (χ3v) is 9.67. The first-order valence-corrected chi connectivity index (χ1v) is 22.3. The smallest absolute Gasteiger partial charge is 0.337 e. The highest BCUT2D eigenvalue weighted by molar-refractivity contribution is 5.91. The van der Waals surface area contributed by atoms with Crippen LogP contribution < -0.4 is 10.2 Å². The molecule has 9 nitrogen and oxygen atoms in total. The number of methoxy groups -OCH3 is 2. The summed E-state index contributed by atoms with van der Waals surface area (Å²) in [6, 6.07) is 17.1. The number of unbranched alkanes of at least 4 members (excludes halogenated alkanes) is 2. The molecule has 0 saturated heterocycles. The molecule has 0 bridgehead atoms. The van der Waals surface area contributed by atoms with Crippen molar-refractivity contribution in [3.05, 3.63) is 143 Å². The van der Waals surface area contributed by atoms with Crippen LogP contribution in [0, 0.1) is 0 Å². The van der Waals surface area contributed by atoms with Gasteiger partial charge in [-0.1, -0.05) is 126 Å². The van der Waals surface area contributed by atoms with Crippen molar-refractivity contribution in [1.82, 2.24) is 0 Å². The molecule has 2 aromatic carbocycles. The third kappa shape index (κ3) is 25.0. The zero-order valence-corrected chi connectivity index (χ0v) is 40.4. The number of Topliss-reactive ketones (excluding diaryl/α,β-unsaturated/α-hetero) is 1. The SMILES string of the molecule is C/C=C(\C)CC(=O)CCOC(=O)CC.C=C(OC)C(=C\C(OC)=C(\C=C\c1ccc(N(CCCC)CCCC)cc1)CC)/C=C/c1ccc(NC)cc1.C=C/C(=C\C)C(=O)OCC. The molecule has 63 heavy (non-hydrogen) atoms. The number of rotatable bonds is 26. The molecule has 0 aliphatic carbocycles. The van der Waals surface area contributed by atoms with E-state index < -0.39 is 0 Å². The number of nitrogens with one attached hydrogen (secondary N) is 1. The Kier molecular flexibility index (Phi) is 32.4. The van der Waals surface area contributed by atoms with Gasteiger partial charge in [0.05, 0.1) is 33.0 Å². The Bertz CT molecular complexity index is 1840. The van der Waals surface area contributed by atoms with Crippen LogP contribution in [0.4, 0.5) is 11.4 Å². The monoisotopic (exact) mass is 867 g/mol. The number of ether oxygens (including phenoxy) is 4. The maximum Gasteiger partial charge on any atom is 0.337 e. The molecule has 0 aromatic heterocycles. The summed E-state index contributed by atoms with van der Waals surface area (Å²) in [6.07, 6.45) is 22.3. The van der Waals surface area contributed by atoms with Crippen molar-refractivity contribution in [2.45, 2.75) is 107 Å². The van der Waals surface area contributed by atoms with Crippen molar-refractivity contribution < 1.29 is 33.3 Å². The molecule has 0 aliphatic heterocycles. The van der Waals surface area contributed by atoms with E-state index in [1.807, 2.05) is 39.1 Å². The predicted molar refractivity (Wildman–Crippen MR) is 267 cm³/mol. The first-order valence-electron chi connectivity index (χ1n) is 22.3. The summed E-state index contributed by atoms with van der Waals surface area (Å²) >= 11 is 0. The Morgan fingerprint density at radius 3 is 1.81 bits per heavy atom. The number of benzene rings is 2. The molecule has 0 amide bonds. The van der Waals surface area contributed by atoms with Gasteiger partial charge in [-0.15, -0.1) is 0 Å². The zero-order chi connectivity index (χ0) is 47.4. The van der Waals surface area contributed by atoms with Gasteiger partial charge in [-0.2, -0.15) is 0 Å². The van der Waals surface area contributed by atoms with Crippen molar-refractivity contribution in [3.63, 3.8) is 0 Å². The average molecular weight is 867 g/mol. The normalized spacial score (nSPS) is 12.0. The molecular formula is C54H78N2O7. The summed E-state index contributed by atoms with van der Waals surface area (Å²) in [5.74, 6) is 0.933. The molecule has 9 heteroatoms. The van der Waals surface area contributed by atoms with Gasteiger partial charge in [0.2, 0.25) is 0 Å². The summed E-state index contributed by atoms with van der Waals surface area (Å²) < 4.78 is 20.8. The topological polar surface area (TPSA) is 103 Å². The van der Waals surface area contributed by atoms with Gasteiger partial charge in [0.1, 0.15) is 17.3 Å². The Labute approximate surface area is 381 Å². The molecule has 0 atom stereocenters. The predicted octanol–water partition coefficient (Wildman–Crippen LogP) is 13.2. The van der Waals surface area contributed by atoms with Crippen molar-refractivity contribution in [3.8, 4) is 0 Å². The van der Waals surface area contributed by atoms with Crippen LogP contribution in [-0.2, 0) is 33.3 Å². The standard InChI is InChI=1S/C35H48N2O2.C11H18O3.C8H12O2/c1-8-11-25-37(26-12-9-2)34-23-17-30(18-24-34)13-19-31(10-3)35(39-7)27-32(28(4)38-6)20-14-29-15-21-33(36-5)22-16-29;1-4-9(3)8-10(12)6-7-14-11(13)5-2;1-4-7(5-2)8(9)10-6-3/h13-24,27,36H,4,8-12,25-26H2,1-3,5-7H3;4H,5-8H2,1-3H3;4-5H,1,6H2,2-3H3/b19-13+,20-14+,32-27-,35-31-;9-4+;7-5+. The van der Waals surface area contributed by atoms with E-state index in [0.717, 1.165) is 53.2 Å². The molecule has 0 saturated carbocycles. The largest absolute Gasteiger partial charge is 0.497 e. The minimum absolute atomic E-state index is 0.115. The van der Waals surface area contributed by atoms with Crippen LogP contribution in [0.1, 0.15) is 118 Å². The number of nitrogens with zero attached hydrogens (tertiary/aromatic N) is 1. The first-order chi connectivity index (χ1) is 30.3. The van der Waals surface area contributed by atoms with Crippen LogP contribution in [0.2, 0.25) is 0 Å². The number of allylic oxidation sites excluding steroid dienone is 7. The highest BCUT2D eigenvalue weighted by atomic mass is 16.5. The van der Waals surface area contributed by atoms with Crippen molar-refractivity contribution in [2.75, 3.05) is 57.8 Å². The van der Waals surface area contributed by atoms with Gasteiger partial charge >= 0.3 is 11.9 Å². The van der Waals surface area contributed by atoms with E-state index >= 15 is 0 Å². The van der Waals surface area contributed by atoms with Gasteiger partial charge in [-0.05, 0) is 94.0 Å². The van der Waals surface area contributed by atoms with E-state index in [2.05, 4.69) is 111 Å². The Morgan fingerprint density at radius 2 is 1.35 bits per heavy atom. The summed E-state index contributed by atoms with van der Waals surface area (Å²) in [4.78, 5) is 35.3. The molecule has 0 aliphatic rings. The van der Waals surface area contributed by atoms with Crippen LogP contribution in [-0.4, -0.2) is 65.3 Å². The highest BCUT2D eigenvalue weighted by Crippen LogP contribution is 2.23. The lowest BCUT2D eigenvalue weighted by molar-refractivity contribution is -0.144. The summed E-state index contributed by atoms with van der Waals surface area (Å²) in [5.41, 5.74) is 8.16. The Morgan fingerprint density at radius 1 is 0.762 bits per heavy atom. The van der Waals surface area contributed by atoms with E-state index in [-0.39, 0.29) is 24.3 Å². The van der Waals surface area contributed by atoms with E-state index in [1.54, 1.807) is 41.1 Å². The van der Waals surface area contributed by atoms with E-state index in [9.17, 15) is 14.4 Å². The van der Waals surface area contributed by atoms with Crippen LogP contribution in [0.3, 0.4) is 0 Å².